The van der Waals surface area contributed by atoms with Gasteiger partial charge in [0, 0.05) is 41.1 Å². The highest BCUT2D eigenvalue weighted by molar-refractivity contribution is 7.85. The van der Waals surface area contributed by atoms with Gasteiger partial charge in [0.05, 0.1) is 0 Å². The van der Waals surface area contributed by atoms with E-state index in [4.69, 9.17) is 10.5 Å². The number of benzene rings is 1. The second-order valence-electron chi connectivity index (χ2n) is 5.39. The van der Waals surface area contributed by atoms with E-state index in [1.807, 2.05) is 0 Å². The molecule has 0 saturated carbocycles. The molecule has 1 heterocycles. The molecular weight excluding hydrogens is 258 g/mol. The van der Waals surface area contributed by atoms with Crippen molar-refractivity contribution in [1.82, 2.24) is 0 Å². The SMILES string of the molecule is Cc1cc(C)cc(C(N)CS(=O)C2CCOCC2)c1. The molecule has 19 heavy (non-hydrogen) atoms. The first-order valence-electron chi connectivity index (χ1n) is 6.85. The third-order valence-corrected chi connectivity index (χ3v) is 5.46. The average Bonchev–Trinajstić information content (AvgIpc) is 2.38. The van der Waals surface area contributed by atoms with Gasteiger partial charge in [0.15, 0.2) is 0 Å². The summed E-state index contributed by atoms with van der Waals surface area (Å²) in [5, 5.41) is 0.255. The van der Waals surface area contributed by atoms with Gasteiger partial charge in [-0.25, -0.2) is 0 Å². The van der Waals surface area contributed by atoms with E-state index in [1.54, 1.807) is 0 Å². The number of rotatable bonds is 4. The molecule has 0 spiro atoms. The van der Waals surface area contributed by atoms with Gasteiger partial charge in [-0.05, 0) is 32.3 Å². The monoisotopic (exact) mass is 281 g/mol. The number of aryl methyl sites for hydroxylation is 2. The number of nitrogens with two attached hydrogens (primary N) is 1. The zero-order chi connectivity index (χ0) is 13.8. The van der Waals surface area contributed by atoms with Crippen LogP contribution < -0.4 is 5.73 Å². The lowest BCUT2D eigenvalue weighted by atomic mass is 10.0. The van der Waals surface area contributed by atoms with Crippen LogP contribution in [0.25, 0.3) is 0 Å². The lowest BCUT2D eigenvalue weighted by Crippen LogP contribution is -2.30. The van der Waals surface area contributed by atoms with Gasteiger partial charge in [0.2, 0.25) is 0 Å². The highest BCUT2D eigenvalue weighted by atomic mass is 32.2. The van der Waals surface area contributed by atoms with E-state index < -0.39 is 10.8 Å². The van der Waals surface area contributed by atoms with Gasteiger partial charge in [-0.15, -0.1) is 0 Å². The van der Waals surface area contributed by atoms with Gasteiger partial charge in [0.25, 0.3) is 0 Å². The van der Waals surface area contributed by atoms with Crippen molar-refractivity contribution in [3.8, 4) is 0 Å². The Morgan fingerprint density at radius 3 is 2.42 bits per heavy atom. The fourth-order valence-electron chi connectivity index (χ4n) is 2.57. The smallest absolute Gasteiger partial charge is 0.0477 e. The third kappa shape index (κ3) is 4.13. The highest BCUT2D eigenvalue weighted by Gasteiger charge is 2.22. The molecule has 0 radical (unpaired) electrons. The van der Waals surface area contributed by atoms with Crippen LogP contribution in [0.1, 0.15) is 35.6 Å². The Morgan fingerprint density at radius 2 is 1.84 bits per heavy atom. The van der Waals surface area contributed by atoms with Crippen molar-refractivity contribution in [2.75, 3.05) is 19.0 Å². The van der Waals surface area contributed by atoms with Gasteiger partial charge in [-0.3, -0.25) is 4.21 Å². The summed E-state index contributed by atoms with van der Waals surface area (Å²) >= 11 is 0. The summed E-state index contributed by atoms with van der Waals surface area (Å²) in [5.41, 5.74) is 9.73. The summed E-state index contributed by atoms with van der Waals surface area (Å²) in [5.74, 6) is 0.549. The lowest BCUT2D eigenvalue weighted by Gasteiger charge is -2.23. The fraction of sp³-hybridized carbons (Fsp3) is 0.600. The van der Waals surface area contributed by atoms with Crippen molar-refractivity contribution in [2.45, 2.75) is 38.0 Å². The standard InChI is InChI=1S/C15H23NO2S/c1-11-7-12(2)9-13(8-11)15(16)10-19(17)14-3-5-18-6-4-14/h7-9,14-15H,3-6,10,16H2,1-2H3. The summed E-state index contributed by atoms with van der Waals surface area (Å²) in [6.45, 7) is 5.60. The van der Waals surface area contributed by atoms with Crippen LogP contribution in [-0.4, -0.2) is 28.4 Å². The number of ether oxygens (including phenoxy) is 1. The minimum absolute atomic E-state index is 0.137. The van der Waals surface area contributed by atoms with Gasteiger partial charge in [-0.2, -0.15) is 0 Å². The maximum Gasteiger partial charge on any atom is 0.0477 e. The normalized spacial score (nSPS) is 20.2. The van der Waals surface area contributed by atoms with Crippen LogP contribution in [0.4, 0.5) is 0 Å². The van der Waals surface area contributed by atoms with E-state index in [-0.39, 0.29) is 11.3 Å². The number of hydrogen-bond acceptors (Lipinski definition) is 3. The fourth-order valence-corrected chi connectivity index (χ4v) is 4.11. The van der Waals surface area contributed by atoms with Crippen molar-refractivity contribution in [3.63, 3.8) is 0 Å². The molecule has 0 aliphatic carbocycles. The molecule has 1 saturated heterocycles. The van der Waals surface area contributed by atoms with Crippen LogP contribution in [0.15, 0.2) is 18.2 Å². The summed E-state index contributed by atoms with van der Waals surface area (Å²) in [4.78, 5) is 0. The minimum Gasteiger partial charge on any atom is -0.381 e. The van der Waals surface area contributed by atoms with Crippen LogP contribution in [-0.2, 0) is 15.5 Å². The van der Waals surface area contributed by atoms with E-state index >= 15 is 0 Å². The van der Waals surface area contributed by atoms with Crippen LogP contribution >= 0.6 is 0 Å². The molecule has 2 N–H and O–H groups in total. The Bertz CT molecular complexity index is 435. The molecule has 2 rings (SSSR count). The summed E-state index contributed by atoms with van der Waals surface area (Å²) in [7, 11) is -0.855. The second kappa shape index (κ2) is 6.64. The Morgan fingerprint density at radius 1 is 1.26 bits per heavy atom. The van der Waals surface area contributed by atoms with Crippen LogP contribution in [0.3, 0.4) is 0 Å². The molecule has 0 aromatic heterocycles. The van der Waals surface area contributed by atoms with Gasteiger partial charge in [0.1, 0.15) is 0 Å². The quantitative estimate of drug-likeness (QED) is 0.921. The molecule has 106 valence electrons. The third-order valence-electron chi connectivity index (χ3n) is 3.56. The summed E-state index contributed by atoms with van der Waals surface area (Å²) < 4.78 is 17.6. The molecular formula is C15H23NO2S. The van der Waals surface area contributed by atoms with Crippen LogP contribution in [0.5, 0.6) is 0 Å². The topological polar surface area (TPSA) is 52.3 Å². The minimum atomic E-state index is -0.855. The van der Waals surface area contributed by atoms with E-state index in [1.165, 1.54) is 11.1 Å². The maximum absolute atomic E-state index is 12.3. The van der Waals surface area contributed by atoms with Crippen molar-refractivity contribution in [2.24, 2.45) is 5.73 Å². The molecule has 1 aromatic rings. The Hall–Kier alpha value is -0.710. The first kappa shape index (κ1) is 14.7. The van der Waals surface area contributed by atoms with E-state index in [0.717, 1.165) is 31.6 Å². The zero-order valence-electron chi connectivity index (χ0n) is 11.7. The Balaban J connectivity index is 1.99. The van der Waals surface area contributed by atoms with Crippen LogP contribution in [0.2, 0.25) is 0 Å². The van der Waals surface area contributed by atoms with Crippen molar-refractivity contribution < 1.29 is 8.95 Å². The summed E-state index contributed by atoms with van der Waals surface area (Å²) in [6, 6.07) is 6.19. The largest absolute Gasteiger partial charge is 0.381 e. The van der Waals surface area contributed by atoms with Crippen molar-refractivity contribution >= 4 is 10.8 Å². The highest BCUT2D eigenvalue weighted by Crippen LogP contribution is 2.20. The first-order valence-corrected chi connectivity index (χ1v) is 8.23. The zero-order valence-corrected chi connectivity index (χ0v) is 12.5. The average molecular weight is 281 g/mol. The predicted octanol–water partition coefficient (Wildman–Crippen LogP) is 2.23. The molecule has 1 fully saturated rings. The second-order valence-corrected chi connectivity index (χ2v) is 7.15. The predicted molar refractivity (Wildman–Crippen MR) is 79.7 cm³/mol. The molecule has 1 aliphatic heterocycles. The van der Waals surface area contributed by atoms with E-state index in [2.05, 4.69) is 32.0 Å². The van der Waals surface area contributed by atoms with Crippen LogP contribution in [0, 0.1) is 13.8 Å². The molecule has 1 aromatic carbocycles. The maximum atomic E-state index is 12.3. The molecule has 0 amide bonds. The molecule has 1 aliphatic rings. The first-order chi connectivity index (χ1) is 9.06. The van der Waals surface area contributed by atoms with E-state index in [9.17, 15) is 4.21 Å². The Kier molecular flexibility index (Phi) is 5.13. The van der Waals surface area contributed by atoms with Crippen molar-refractivity contribution in [1.29, 1.82) is 0 Å². The van der Waals surface area contributed by atoms with Gasteiger partial charge in [-0.1, -0.05) is 29.3 Å². The van der Waals surface area contributed by atoms with Crippen molar-refractivity contribution in [3.05, 3.63) is 34.9 Å². The molecule has 2 atom stereocenters. The van der Waals surface area contributed by atoms with E-state index in [0.29, 0.717) is 5.75 Å². The molecule has 2 unspecified atom stereocenters. The van der Waals surface area contributed by atoms with Gasteiger partial charge >= 0.3 is 0 Å². The summed E-state index contributed by atoms with van der Waals surface area (Å²) in [6.07, 6.45) is 1.79. The molecule has 3 nitrogen and oxygen atoms in total. The lowest BCUT2D eigenvalue weighted by molar-refractivity contribution is 0.0992. The number of hydrogen-bond donors (Lipinski definition) is 1. The van der Waals surface area contributed by atoms with Gasteiger partial charge < -0.3 is 10.5 Å². The Labute approximate surface area is 118 Å². The molecule has 4 heteroatoms. The molecule has 0 bridgehead atoms.